The highest BCUT2D eigenvalue weighted by atomic mass is 35.5. The van der Waals surface area contributed by atoms with E-state index in [1.807, 2.05) is 54.6 Å². The van der Waals surface area contributed by atoms with Gasteiger partial charge >= 0.3 is 0 Å². The van der Waals surface area contributed by atoms with Gasteiger partial charge in [-0.25, -0.2) is 0 Å². The summed E-state index contributed by atoms with van der Waals surface area (Å²) in [4.78, 5) is 28.7. The summed E-state index contributed by atoms with van der Waals surface area (Å²) in [5.41, 5.74) is 7.86. The molecule has 3 heterocycles. The number of rotatable bonds is 11. The highest BCUT2D eigenvalue weighted by Crippen LogP contribution is 2.32. The highest BCUT2D eigenvalue weighted by Gasteiger charge is 2.28. The molecule has 3 aromatic carbocycles. The van der Waals surface area contributed by atoms with Crippen molar-refractivity contribution in [2.24, 2.45) is 0 Å². The van der Waals surface area contributed by atoms with Crippen molar-refractivity contribution in [3.8, 4) is 23.1 Å². The van der Waals surface area contributed by atoms with Crippen LogP contribution in [0.1, 0.15) is 46.9 Å². The van der Waals surface area contributed by atoms with Crippen LogP contribution in [0.25, 0.3) is 11.3 Å². The minimum Gasteiger partial charge on any atom is -0.379 e. The molecular weight excluding hydrogens is 671 g/mol. The average Bonchev–Trinajstić information content (AvgIpc) is 3.49. The Morgan fingerprint density at radius 2 is 1.62 bits per heavy atom. The van der Waals surface area contributed by atoms with Gasteiger partial charge in [-0.2, -0.15) is 5.10 Å². The molecule has 4 aromatic rings. The van der Waals surface area contributed by atoms with Crippen LogP contribution in [0.15, 0.2) is 66.7 Å². The number of morpholine rings is 1. The normalized spacial score (nSPS) is 14.5. The molecule has 6 rings (SSSR count). The SMILES string of the molecule is CC(=O)NCC(=O)N1CCc2c(c(-c3ccc(Cl)c(C#Cc4ccc(CNCc5ccc(Cl)cc5)cc4)c3)nn2CCCN2CCOCC2)C1. The molecule has 1 aromatic heterocycles. The summed E-state index contributed by atoms with van der Waals surface area (Å²) in [5.74, 6) is 6.22. The molecule has 0 radical (unpaired) electrons. The number of amides is 2. The number of hydrogen-bond donors (Lipinski definition) is 2. The van der Waals surface area contributed by atoms with Gasteiger partial charge in [0.25, 0.3) is 0 Å². The van der Waals surface area contributed by atoms with Gasteiger partial charge < -0.3 is 20.3 Å². The van der Waals surface area contributed by atoms with E-state index < -0.39 is 0 Å². The van der Waals surface area contributed by atoms with Crippen molar-refractivity contribution in [2.45, 2.75) is 45.9 Å². The van der Waals surface area contributed by atoms with Gasteiger partial charge in [0.05, 0.1) is 30.5 Å². The van der Waals surface area contributed by atoms with E-state index >= 15 is 0 Å². The minimum absolute atomic E-state index is 0.0186. The predicted octanol–water partition coefficient (Wildman–Crippen LogP) is 5.29. The second-order valence-corrected chi connectivity index (χ2v) is 13.5. The van der Waals surface area contributed by atoms with Crippen LogP contribution in [0.3, 0.4) is 0 Å². The van der Waals surface area contributed by atoms with Gasteiger partial charge in [0.15, 0.2) is 0 Å². The van der Waals surface area contributed by atoms with Crippen LogP contribution in [-0.4, -0.2) is 77.3 Å². The fourth-order valence-electron chi connectivity index (χ4n) is 6.27. The Labute approximate surface area is 303 Å². The first kappa shape index (κ1) is 35.6. The quantitative estimate of drug-likeness (QED) is 0.206. The largest absolute Gasteiger partial charge is 0.379 e. The van der Waals surface area contributed by atoms with Gasteiger partial charge in [0.2, 0.25) is 11.8 Å². The lowest BCUT2D eigenvalue weighted by molar-refractivity contribution is -0.133. The molecule has 2 N–H and O–H groups in total. The Balaban J connectivity index is 1.18. The zero-order valence-electron chi connectivity index (χ0n) is 28.3. The molecule has 1 saturated heterocycles. The molecule has 2 aliphatic rings. The molecular formula is C39H42Cl2N6O3. The van der Waals surface area contributed by atoms with E-state index in [1.54, 1.807) is 4.90 Å². The molecule has 9 nitrogen and oxygen atoms in total. The summed E-state index contributed by atoms with van der Waals surface area (Å²) in [6, 6.07) is 21.9. The van der Waals surface area contributed by atoms with Crippen molar-refractivity contribution < 1.29 is 14.3 Å². The van der Waals surface area contributed by atoms with Crippen LogP contribution in [0.2, 0.25) is 10.0 Å². The first-order valence-corrected chi connectivity index (χ1v) is 17.8. The predicted molar refractivity (Wildman–Crippen MR) is 197 cm³/mol. The third-order valence-electron chi connectivity index (χ3n) is 9.03. The maximum Gasteiger partial charge on any atom is 0.242 e. The molecule has 0 saturated carbocycles. The highest BCUT2D eigenvalue weighted by molar-refractivity contribution is 6.31. The number of carbonyl (C=O) groups excluding carboxylic acids is 2. The number of ether oxygens (including phenoxy) is 1. The minimum atomic E-state index is -0.224. The number of benzene rings is 3. The third-order valence-corrected chi connectivity index (χ3v) is 9.61. The smallest absolute Gasteiger partial charge is 0.242 e. The van der Waals surface area contributed by atoms with Gasteiger partial charge in [-0.1, -0.05) is 65.4 Å². The van der Waals surface area contributed by atoms with Crippen molar-refractivity contribution in [2.75, 3.05) is 45.9 Å². The maximum atomic E-state index is 13.0. The van der Waals surface area contributed by atoms with Gasteiger partial charge in [0.1, 0.15) is 0 Å². The van der Waals surface area contributed by atoms with E-state index in [4.69, 9.17) is 33.0 Å². The van der Waals surface area contributed by atoms with Crippen molar-refractivity contribution in [1.82, 2.24) is 30.2 Å². The van der Waals surface area contributed by atoms with Crippen LogP contribution in [0, 0.1) is 11.8 Å². The number of hydrogen-bond acceptors (Lipinski definition) is 6. The fraction of sp³-hybridized carbons (Fsp3) is 0.359. The number of aryl methyl sites for hydroxylation is 1. The third kappa shape index (κ3) is 9.53. The van der Waals surface area contributed by atoms with E-state index in [0.29, 0.717) is 30.1 Å². The summed E-state index contributed by atoms with van der Waals surface area (Å²) < 4.78 is 7.62. The van der Waals surface area contributed by atoms with Gasteiger partial charge in [-0.05, 0) is 53.9 Å². The first-order chi connectivity index (χ1) is 24.3. The average molecular weight is 714 g/mol. The lowest BCUT2D eigenvalue weighted by Crippen LogP contribution is -2.42. The molecule has 0 aliphatic carbocycles. The topological polar surface area (TPSA) is 91.7 Å². The monoisotopic (exact) mass is 712 g/mol. The maximum absolute atomic E-state index is 13.0. The summed E-state index contributed by atoms with van der Waals surface area (Å²) in [6.07, 6.45) is 1.66. The number of carbonyl (C=O) groups is 2. The molecule has 0 unspecified atom stereocenters. The van der Waals surface area contributed by atoms with E-state index in [1.165, 1.54) is 18.1 Å². The van der Waals surface area contributed by atoms with Crippen molar-refractivity contribution >= 4 is 35.0 Å². The lowest BCUT2D eigenvalue weighted by Gasteiger charge is -2.28. The summed E-state index contributed by atoms with van der Waals surface area (Å²) >= 11 is 12.7. The Morgan fingerprint density at radius 1 is 0.900 bits per heavy atom. The van der Waals surface area contributed by atoms with E-state index in [-0.39, 0.29) is 18.4 Å². The molecule has 1 fully saturated rings. The summed E-state index contributed by atoms with van der Waals surface area (Å²) in [5, 5.41) is 12.5. The molecule has 260 valence electrons. The number of halogens is 2. The Bertz CT molecular complexity index is 1860. The van der Waals surface area contributed by atoms with Gasteiger partial charge in [0, 0.05) is 98.7 Å². The van der Waals surface area contributed by atoms with E-state index in [2.05, 4.69) is 44.2 Å². The number of aromatic nitrogens is 2. The number of nitrogens with one attached hydrogen (secondary N) is 2. The van der Waals surface area contributed by atoms with E-state index in [0.717, 1.165) is 92.0 Å². The van der Waals surface area contributed by atoms with Crippen LogP contribution in [-0.2, 0) is 46.9 Å². The van der Waals surface area contributed by atoms with Crippen molar-refractivity contribution in [1.29, 1.82) is 0 Å². The van der Waals surface area contributed by atoms with Crippen molar-refractivity contribution in [3.63, 3.8) is 0 Å². The zero-order valence-corrected chi connectivity index (χ0v) is 29.8. The van der Waals surface area contributed by atoms with Crippen molar-refractivity contribution in [3.05, 3.63) is 110 Å². The Hall–Kier alpha value is -4.17. The second-order valence-electron chi connectivity index (χ2n) is 12.7. The van der Waals surface area contributed by atoms with Crippen LogP contribution >= 0.6 is 23.2 Å². The number of nitrogens with zero attached hydrogens (tertiary/aromatic N) is 4. The molecule has 0 atom stereocenters. The second kappa shape index (κ2) is 17.2. The lowest BCUT2D eigenvalue weighted by atomic mass is 9.99. The Kier molecular flexibility index (Phi) is 12.2. The summed E-state index contributed by atoms with van der Waals surface area (Å²) in [7, 11) is 0. The fourth-order valence-corrected chi connectivity index (χ4v) is 6.56. The standard InChI is InChI=1S/C39H42Cl2N6O3/c1-28(48)43-26-38(49)46-18-15-37-35(27-46)39(44-47(37)17-2-16-45-19-21-50-22-20-45)33-11-14-36(41)32(23-33)10-7-29-3-5-30(6-4-29)24-42-25-31-8-12-34(40)13-9-31/h3-6,8-9,11-14,23,42H,2,15-22,24-27H2,1H3,(H,43,48). The molecule has 0 bridgehead atoms. The van der Waals surface area contributed by atoms with Gasteiger partial charge in [-0.3, -0.25) is 19.2 Å². The molecule has 11 heteroatoms. The first-order valence-electron chi connectivity index (χ1n) is 17.1. The molecule has 50 heavy (non-hydrogen) atoms. The van der Waals surface area contributed by atoms with Crippen LogP contribution < -0.4 is 10.6 Å². The van der Waals surface area contributed by atoms with E-state index in [9.17, 15) is 9.59 Å². The summed E-state index contributed by atoms with van der Waals surface area (Å²) in [6.45, 7) is 9.13. The molecule has 2 aliphatic heterocycles. The molecule has 2 amide bonds. The zero-order chi connectivity index (χ0) is 34.9. The van der Waals surface area contributed by atoms with Crippen LogP contribution in [0.5, 0.6) is 0 Å². The number of fused-ring (bicyclic) bond motifs is 1. The molecule has 0 spiro atoms. The Morgan fingerprint density at radius 3 is 2.34 bits per heavy atom. The van der Waals surface area contributed by atoms with Crippen LogP contribution in [0.4, 0.5) is 0 Å². The van der Waals surface area contributed by atoms with Gasteiger partial charge in [-0.15, -0.1) is 0 Å².